The predicted molar refractivity (Wildman–Crippen MR) is 436 cm³/mol. The molecule has 0 heterocycles. The Bertz CT molecular complexity index is 2340. The van der Waals surface area contributed by atoms with Gasteiger partial charge in [0.2, 0.25) is 0 Å². The number of esters is 3. The van der Waals surface area contributed by atoms with Gasteiger partial charge in [0.05, 0.1) is 26.4 Å². The molecule has 16 nitrogen and oxygen atoms in total. The van der Waals surface area contributed by atoms with E-state index in [1.165, 1.54) is 180 Å². The minimum absolute atomic E-state index is 0.103. The Kier molecular flexibility index (Phi) is 76.9. The van der Waals surface area contributed by atoms with E-state index < -0.39 is 91.5 Å². The number of carbonyl (C=O) groups excluding carboxylic acids is 3. The maximum absolute atomic E-state index is 13.0. The van der Waals surface area contributed by atoms with Crippen molar-refractivity contribution in [3.8, 4) is 0 Å². The molecule has 5 atom stereocenters. The summed E-state index contributed by atoms with van der Waals surface area (Å²) in [5, 5.41) is 20.7. The second-order valence-corrected chi connectivity index (χ2v) is 31.2. The highest BCUT2D eigenvalue weighted by Gasteiger charge is 2.29. The molecular formula is C87H154O16P2. The number of ether oxygens (including phenoxy) is 3. The lowest BCUT2D eigenvalue weighted by Gasteiger charge is -2.21. The summed E-state index contributed by atoms with van der Waals surface area (Å²) in [4.78, 5) is 58.7. The summed E-state index contributed by atoms with van der Waals surface area (Å²) < 4.78 is 61.2. The molecule has 0 amide bonds. The Morgan fingerprint density at radius 1 is 0.276 bits per heavy atom. The molecule has 0 saturated carbocycles. The highest BCUT2D eigenvalue weighted by atomic mass is 31.2. The summed E-state index contributed by atoms with van der Waals surface area (Å²) in [7, 11) is -9.79. The van der Waals surface area contributed by atoms with Gasteiger partial charge in [-0.3, -0.25) is 32.5 Å². The van der Waals surface area contributed by atoms with Crippen LogP contribution in [0, 0.1) is 0 Å². The van der Waals surface area contributed by atoms with E-state index in [4.69, 9.17) is 32.3 Å². The first-order valence-electron chi connectivity index (χ1n) is 42.2. The maximum atomic E-state index is 13.0. The molecule has 0 fully saturated rings. The van der Waals surface area contributed by atoms with E-state index in [0.717, 1.165) is 128 Å². The van der Waals surface area contributed by atoms with Gasteiger partial charge in [0, 0.05) is 19.3 Å². The molecule has 0 aliphatic heterocycles. The summed E-state index contributed by atoms with van der Waals surface area (Å²) in [6.45, 7) is 2.57. The standard InChI is InChI=1S/C87H154O16P2/c1-4-7-10-13-16-19-22-25-28-30-32-34-35-36-37-38-39-40-41-42-43-44-45-47-49-50-53-55-58-61-64-67-70-73-85(90)97-76-82(88)77-99-104(93,94)100-78-83(89)79-101-105(95,96)102-81-84(103-87(92)75-72-69-66-63-60-57-52-27-24-21-18-15-12-9-6-3)80-98-86(91)74-71-68-65-62-59-56-54-51-48-46-33-31-29-26-23-20-17-14-11-8-5-2/h8,11,16-17,19-20,25-26,28-29,32-34,36-37,46,51,54,82-84,88-89H,4-7,9-10,12-15,18,21-24,27,30-31,35,38-45,47-50,52-53,55-81H2,1-3H3,(H,93,94)(H,95,96)/b11-8-,19-16-,20-17-,28-25-,29-26-,34-32-,37-36-,46-33-,54-51-. The first kappa shape index (κ1) is 101. The molecule has 0 aromatic rings. The monoisotopic (exact) mass is 1520 g/mol. The summed E-state index contributed by atoms with van der Waals surface area (Å²) in [5.74, 6) is -1.58. The lowest BCUT2D eigenvalue weighted by molar-refractivity contribution is -0.161. The molecule has 0 aromatic heterocycles. The summed E-state index contributed by atoms with van der Waals surface area (Å²) in [5.41, 5.74) is 0. The van der Waals surface area contributed by atoms with Crippen molar-refractivity contribution < 1.29 is 75.8 Å². The van der Waals surface area contributed by atoms with E-state index in [0.29, 0.717) is 19.3 Å². The van der Waals surface area contributed by atoms with Crippen LogP contribution in [0.25, 0.3) is 0 Å². The minimum atomic E-state index is -4.93. The normalized spacial score (nSPS) is 14.5. The van der Waals surface area contributed by atoms with Gasteiger partial charge in [-0.25, -0.2) is 9.13 Å². The number of aliphatic hydroxyl groups excluding tert-OH is 2. The lowest BCUT2D eigenvalue weighted by atomic mass is 10.0. The smallest absolute Gasteiger partial charge is 0.463 e. The molecule has 0 saturated heterocycles. The fourth-order valence-electron chi connectivity index (χ4n) is 11.6. The highest BCUT2D eigenvalue weighted by Crippen LogP contribution is 2.45. The topological polar surface area (TPSA) is 231 Å². The van der Waals surface area contributed by atoms with E-state index in [2.05, 4.69) is 130 Å². The number of hydrogen-bond acceptors (Lipinski definition) is 14. The third-order valence-electron chi connectivity index (χ3n) is 18.0. The van der Waals surface area contributed by atoms with Crippen molar-refractivity contribution in [3.05, 3.63) is 109 Å². The Hall–Kier alpha value is -3.79. The number of unbranched alkanes of at least 4 members (excludes halogenated alkanes) is 39. The van der Waals surface area contributed by atoms with E-state index in [9.17, 15) is 43.5 Å². The highest BCUT2D eigenvalue weighted by molar-refractivity contribution is 7.47. The fraction of sp³-hybridized carbons (Fsp3) is 0.759. The molecule has 0 rings (SSSR count). The van der Waals surface area contributed by atoms with Gasteiger partial charge in [0.1, 0.15) is 25.4 Å². The number of aliphatic hydroxyl groups is 2. The molecule has 0 radical (unpaired) electrons. The predicted octanol–water partition coefficient (Wildman–Crippen LogP) is 25.1. The number of rotatable bonds is 80. The molecular weight excluding hydrogens is 1360 g/mol. The van der Waals surface area contributed by atoms with Crippen molar-refractivity contribution in [1.29, 1.82) is 0 Å². The van der Waals surface area contributed by atoms with Crippen molar-refractivity contribution in [3.63, 3.8) is 0 Å². The van der Waals surface area contributed by atoms with Crippen LogP contribution in [-0.4, -0.2) is 95.9 Å². The molecule has 608 valence electrons. The molecule has 0 bridgehead atoms. The number of allylic oxidation sites excluding steroid dienone is 18. The van der Waals surface area contributed by atoms with Gasteiger partial charge in [-0.1, -0.05) is 348 Å². The van der Waals surface area contributed by atoms with Crippen LogP contribution in [0.5, 0.6) is 0 Å². The van der Waals surface area contributed by atoms with Crippen LogP contribution in [-0.2, 0) is 55.8 Å². The maximum Gasteiger partial charge on any atom is 0.472 e. The fourth-order valence-corrected chi connectivity index (χ4v) is 13.2. The Morgan fingerprint density at radius 3 is 0.819 bits per heavy atom. The van der Waals surface area contributed by atoms with E-state index >= 15 is 0 Å². The van der Waals surface area contributed by atoms with Gasteiger partial charge < -0.3 is 34.2 Å². The first-order valence-corrected chi connectivity index (χ1v) is 45.2. The Labute approximate surface area is 640 Å². The molecule has 0 spiro atoms. The van der Waals surface area contributed by atoms with Gasteiger partial charge in [-0.05, 0) is 109 Å². The number of carbonyl (C=O) groups is 3. The van der Waals surface area contributed by atoms with Crippen LogP contribution in [0.15, 0.2) is 109 Å². The number of phosphoric ester groups is 2. The van der Waals surface area contributed by atoms with Crippen molar-refractivity contribution in [2.75, 3.05) is 39.6 Å². The van der Waals surface area contributed by atoms with Crippen molar-refractivity contribution >= 4 is 33.6 Å². The minimum Gasteiger partial charge on any atom is -0.463 e. The summed E-state index contributed by atoms with van der Waals surface area (Å²) in [6, 6.07) is 0. The first-order chi connectivity index (χ1) is 51.2. The second-order valence-electron chi connectivity index (χ2n) is 28.3. The van der Waals surface area contributed by atoms with Crippen LogP contribution in [0.1, 0.15) is 367 Å². The summed E-state index contributed by atoms with van der Waals surface area (Å²) in [6.07, 6.45) is 94.3. The Balaban J connectivity index is 4.45. The average Bonchev–Trinajstić information content (AvgIpc) is 0.912. The average molecular weight is 1520 g/mol. The van der Waals surface area contributed by atoms with E-state index in [1.807, 2.05) is 0 Å². The van der Waals surface area contributed by atoms with Crippen LogP contribution in [0.3, 0.4) is 0 Å². The molecule has 5 unspecified atom stereocenters. The van der Waals surface area contributed by atoms with Crippen LogP contribution in [0.2, 0.25) is 0 Å². The number of hydrogen-bond donors (Lipinski definition) is 4. The quantitative estimate of drug-likeness (QED) is 0.0146. The van der Waals surface area contributed by atoms with Gasteiger partial charge >= 0.3 is 33.6 Å². The van der Waals surface area contributed by atoms with Crippen LogP contribution in [0.4, 0.5) is 0 Å². The Morgan fingerprint density at radius 2 is 0.505 bits per heavy atom. The third-order valence-corrected chi connectivity index (χ3v) is 19.9. The van der Waals surface area contributed by atoms with Crippen molar-refractivity contribution in [2.45, 2.75) is 386 Å². The molecule has 4 N–H and O–H groups in total. The molecule has 105 heavy (non-hydrogen) atoms. The molecule has 0 aliphatic carbocycles. The molecule has 18 heteroatoms. The van der Waals surface area contributed by atoms with Crippen molar-refractivity contribution in [2.24, 2.45) is 0 Å². The van der Waals surface area contributed by atoms with E-state index in [-0.39, 0.29) is 19.3 Å². The molecule has 0 aliphatic rings. The van der Waals surface area contributed by atoms with Crippen molar-refractivity contribution in [1.82, 2.24) is 0 Å². The van der Waals surface area contributed by atoms with Gasteiger partial charge in [0.25, 0.3) is 0 Å². The van der Waals surface area contributed by atoms with Crippen LogP contribution < -0.4 is 0 Å². The van der Waals surface area contributed by atoms with E-state index in [1.54, 1.807) is 0 Å². The summed E-state index contributed by atoms with van der Waals surface area (Å²) >= 11 is 0. The lowest BCUT2D eigenvalue weighted by Crippen LogP contribution is -2.30. The SMILES string of the molecule is CC/C=C\C/C=C\C/C=C\C/C=C\C/C=C\CCCCCCCC(=O)OCC(COP(=O)(O)OCC(O)COP(=O)(O)OCC(O)COC(=O)CCCCCCCCCCCCCCCCCCC/C=C\C/C=C\C/C=C\C/C=C\CCCCC)OC(=O)CCCCCCCCCCCCCCCCC. The second kappa shape index (κ2) is 79.8. The zero-order valence-corrected chi connectivity index (χ0v) is 68.4. The molecule has 0 aromatic carbocycles. The van der Waals surface area contributed by atoms with Gasteiger partial charge in [0.15, 0.2) is 6.10 Å². The zero-order valence-electron chi connectivity index (χ0n) is 66.6. The third kappa shape index (κ3) is 81.0. The zero-order chi connectivity index (χ0) is 76.6. The van der Waals surface area contributed by atoms with Gasteiger partial charge in [-0.15, -0.1) is 0 Å². The van der Waals surface area contributed by atoms with Gasteiger partial charge in [-0.2, -0.15) is 0 Å². The number of phosphoric acid groups is 2. The van der Waals surface area contributed by atoms with Crippen LogP contribution >= 0.6 is 15.6 Å². The largest absolute Gasteiger partial charge is 0.472 e.